The number of nitro benzene ring substituents is 1. The van der Waals surface area contributed by atoms with Crippen LogP contribution in [0.15, 0.2) is 42.5 Å². The number of para-hydroxylation sites is 1. The first kappa shape index (κ1) is 13.8. The molecule has 0 spiro atoms. The van der Waals surface area contributed by atoms with Crippen molar-refractivity contribution in [2.45, 2.75) is 0 Å². The molecule has 0 saturated heterocycles. The average molecular weight is 293 g/mol. The van der Waals surface area contributed by atoms with Crippen molar-refractivity contribution < 1.29 is 14.8 Å². The SMILES string of the molecule is O=C(O)c1ccccc1Nc1cc([N+](=O)[O-])ccc1Cl. The van der Waals surface area contributed by atoms with Gasteiger partial charge in [-0.25, -0.2) is 4.79 Å². The molecule has 2 rings (SSSR count). The number of carboxylic acid groups (broad SMARTS) is 1. The number of nitrogens with one attached hydrogen (secondary N) is 1. The fourth-order valence-electron chi connectivity index (χ4n) is 1.65. The summed E-state index contributed by atoms with van der Waals surface area (Å²) >= 11 is 5.95. The summed E-state index contributed by atoms with van der Waals surface area (Å²) < 4.78 is 0. The van der Waals surface area contributed by atoms with E-state index in [0.29, 0.717) is 5.69 Å². The summed E-state index contributed by atoms with van der Waals surface area (Å²) in [5, 5.41) is 22.9. The average Bonchev–Trinajstić information content (AvgIpc) is 2.41. The van der Waals surface area contributed by atoms with E-state index in [1.54, 1.807) is 18.2 Å². The molecule has 0 heterocycles. The Labute approximate surface area is 118 Å². The largest absolute Gasteiger partial charge is 0.478 e. The van der Waals surface area contributed by atoms with E-state index < -0.39 is 10.9 Å². The summed E-state index contributed by atoms with van der Waals surface area (Å²) in [6.07, 6.45) is 0. The first-order chi connectivity index (χ1) is 9.49. The summed E-state index contributed by atoms with van der Waals surface area (Å²) in [5.41, 5.74) is 0.497. The van der Waals surface area contributed by atoms with Gasteiger partial charge < -0.3 is 10.4 Å². The van der Waals surface area contributed by atoms with E-state index in [4.69, 9.17) is 16.7 Å². The maximum absolute atomic E-state index is 11.1. The lowest BCUT2D eigenvalue weighted by Gasteiger charge is -2.10. The minimum atomic E-state index is -1.10. The molecule has 0 aliphatic heterocycles. The van der Waals surface area contributed by atoms with E-state index in [1.165, 1.54) is 24.3 Å². The standard InChI is InChI=1S/C13H9ClN2O4/c14-10-6-5-8(16(19)20)7-12(10)15-11-4-2-1-3-9(11)13(17)18/h1-7,15H,(H,17,18). The van der Waals surface area contributed by atoms with Crippen molar-refractivity contribution in [1.82, 2.24) is 0 Å². The zero-order chi connectivity index (χ0) is 14.7. The molecule has 0 bridgehead atoms. The molecular formula is C13H9ClN2O4. The maximum atomic E-state index is 11.1. The molecule has 0 unspecified atom stereocenters. The van der Waals surface area contributed by atoms with Crippen molar-refractivity contribution >= 4 is 34.6 Å². The molecule has 0 atom stereocenters. The van der Waals surface area contributed by atoms with Gasteiger partial charge in [-0.3, -0.25) is 10.1 Å². The smallest absolute Gasteiger partial charge is 0.337 e. The van der Waals surface area contributed by atoms with E-state index in [0.717, 1.165) is 0 Å². The van der Waals surface area contributed by atoms with Crippen molar-refractivity contribution in [1.29, 1.82) is 0 Å². The molecule has 0 fully saturated rings. The van der Waals surface area contributed by atoms with E-state index in [9.17, 15) is 14.9 Å². The number of non-ortho nitro benzene ring substituents is 1. The molecule has 102 valence electrons. The van der Waals surface area contributed by atoms with Crippen molar-refractivity contribution in [3.05, 3.63) is 63.2 Å². The predicted octanol–water partition coefficient (Wildman–Crippen LogP) is 3.69. The number of anilines is 2. The Morgan fingerprint density at radius 1 is 1.20 bits per heavy atom. The minimum absolute atomic E-state index is 0.0510. The molecule has 2 aromatic rings. The molecule has 0 aliphatic rings. The number of carbonyl (C=O) groups is 1. The number of hydrogen-bond donors (Lipinski definition) is 2. The summed E-state index contributed by atoms with van der Waals surface area (Å²) in [6.45, 7) is 0. The number of nitro groups is 1. The van der Waals surface area contributed by atoms with Gasteiger partial charge in [0.2, 0.25) is 0 Å². The molecule has 20 heavy (non-hydrogen) atoms. The third-order valence-corrected chi connectivity index (χ3v) is 2.92. The molecule has 0 amide bonds. The van der Waals surface area contributed by atoms with Gasteiger partial charge in [-0.05, 0) is 18.2 Å². The molecule has 2 N–H and O–H groups in total. The lowest BCUT2D eigenvalue weighted by atomic mass is 10.1. The summed E-state index contributed by atoms with van der Waals surface area (Å²) in [7, 11) is 0. The molecule has 2 aromatic carbocycles. The number of nitrogens with zero attached hydrogens (tertiary/aromatic N) is 1. The molecule has 7 heteroatoms. The fourth-order valence-corrected chi connectivity index (χ4v) is 1.81. The third-order valence-electron chi connectivity index (χ3n) is 2.59. The van der Waals surface area contributed by atoms with Crippen molar-refractivity contribution in [2.75, 3.05) is 5.32 Å². The van der Waals surface area contributed by atoms with Crippen LogP contribution in [-0.2, 0) is 0 Å². The van der Waals surface area contributed by atoms with Gasteiger partial charge in [0.05, 0.1) is 26.9 Å². The third kappa shape index (κ3) is 2.86. The second kappa shape index (κ2) is 5.58. The number of rotatable bonds is 4. The van der Waals surface area contributed by atoms with E-state index >= 15 is 0 Å². The highest BCUT2D eigenvalue weighted by molar-refractivity contribution is 6.33. The highest BCUT2D eigenvalue weighted by Crippen LogP contribution is 2.30. The summed E-state index contributed by atoms with van der Waals surface area (Å²) in [4.78, 5) is 21.3. The normalized spacial score (nSPS) is 10.1. The van der Waals surface area contributed by atoms with E-state index in [1.807, 2.05) is 0 Å². The van der Waals surface area contributed by atoms with Crippen LogP contribution >= 0.6 is 11.6 Å². The zero-order valence-corrected chi connectivity index (χ0v) is 10.8. The number of benzene rings is 2. The van der Waals surface area contributed by atoms with Gasteiger partial charge in [0.1, 0.15) is 0 Å². The van der Waals surface area contributed by atoms with Gasteiger partial charge in [-0.2, -0.15) is 0 Å². The fraction of sp³-hybridized carbons (Fsp3) is 0. The number of carboxylic acids is 1. The Balaban J connectivity index is 2.42. The van der Waals surface area contributed by atoms with Gasteiger partial charge in [0, 0.05) is 12.1 Å². The Morgan fingerprint density at radius 2 is 1.90 bits per heavy atom. The quantitative estimate of drug-likeness (QED) is 0.662. The van der Waals surface area contributed by atoms with Gasteiger partial charge >= 0.3 is 5.97 Å². The van der Waals surface area contributed by atoms with Crippen molar-refractivity contribution in [3.8, 4) is 0 Å². The lowest BCUT2D eigenvalue weighted by Crippen LogP contribution is -2.02. The molecular weight excluding hydrogens is 284 g/mol. The van der Waals surface area contributed by atoms with Crippen LogP contribution in [0.5, 0.6) is 0 Å². The Bertz CT molecular complexity index is 688. The van der Waals surface area contributed by atoms with Gasteiger partial charge in [0.25, 0.3) is 5.69 Å². The Hall–Kier alpha value is -2.60. The topological polar surface area (TPSA) is 92.5 Å². The van der Waals surface area contributed by atoms with Crippen LogP contribution in [0.4, 0.5) is 17.1 Å². The molecule has 0 aliphatic carbocycles. The van der Waals surface area contributed by atoms with Crippen LogP contribution in [0.1, 0.15) is 10.4 Å². The van der Waals surface area contributed by atoms with Crippen molar-refractivity contribution in [3.63, 3.8) is 0 Å². The highest BCUT2D eigenvalue weighted by atomic mass is 35.5. The van der Waals surface area contributed by atoms with Gasteiger partial charge in [-0.15, -0.1) is 0 Å². The lowest BCUT2D eigenvalue weighted by molar-refractivity contribution is -0.384. The van der Waals surface area contributed by atoms with Crippen LogP contribution < -0.4 is 5.32 Å². The van der Waals surface area contributed by atoms with Crippen LogP contribution in [-0.4, -0.2) is 16.0 Å². The first-order valence-electron chi connectivity index (χ1n) is 5.52. The molecule has 0 radical (unpaired) electrons. The number of aromatic carboxylic acids is 1. The molecule has 0 saturated carbocycles. The first-order valence-corrected chi connectivity index (χ1v) is 5.90. The second-order valence-electron chi connectivity index (χ2n) is 3.90. The molecule has 0 aromatic heterocycles. The maximum Gasteiger partial charge on any atom is 0.337 e. The predicted molar refractivity (Wildman–Crippen MR) is 74.8 cm³/mol. The monoisotopic (exact) mass is 292 g/mol. The number of hydrogen-bond acceptors (Lipinski definition) is 4. The van der Waals surface area contributed by atoms with E-state index in [-0.39, 0.29) is 22.0 Å². The highest BCUT2D eigenvalue weighted by Gasteiger charge is 2.13. The Kier molecular flexibility index (Phi) is 3.86. The summed E-state index contributed by atoms with van der Waals surface area (Å²) in [6, 6.07) is 10.1. The van der Waals surface area contributed by atoms with Gasteiger partial charge in [-0.1, -0.05) is 23.7 Å². The Morgan fingerprint density at radius 3 is 2.55 bits per heavy atom. The van der Waals surface area contributed by atoms with E-state index in [2.05, 4.69) is 5.32 Å². The van der Waals surface area contributed by atoms with Gasteiger partial charge in [0.15, 0.2) is 0 Å². The van der Waals surface area contributed by atoms with Crippen LogP contribution in [0.2, 0.25) is 5.02 Å². The zero-order valence-electron chi connectivity index (χ0n) is 10.0. The summed E-state index contributed by atoms with van der Waals surface area (Å²) in [5.74, 6) is -1.10. The van der Waals surface area contributed by atoms with Crippen molar-refractivity contribution in [2.24, 2.45) is 0 Å². The number of halogens is 1. The van der Waals surface area contributed by atoms with Crippen LogP contribution in [0.3, 0.4) is 0 Å². The van der Waals surface area contributed by atoms with Crippen LogP contribution in [0.25, 0.3) is 0 Å². The van der Waals surface area contributed by atoms with Crippen LogP contribution in [0, 0.1) is 10.1 Å². The minimum Gasteiger partial charge on any atom is -0.478 e. The molecule has 6 nitrogen and oxygen atoms in total. The second-order valence-corrected chi connectivity index (χ2v) is 4.30.